The van der Waals surface area contributed by atoms with E-state index in [2.05, 4.69) is 31.0 Å². The summed E-state index contributed by atoms with van der Waals surface area (Å²) in [6, 6.07) is 4.22. The minimum Gasteiger partial charge on any atom is -0.371 e. The summed E-state index contributed by atoms with van der Waals surface area (Å²) in [7, 11) is 1.84. The molecule has 26 heavy (non-hydrogen) atoms. The number of anilines is 1. The van der Waals surface area contributed by atoms with Gasteiger partial charge in [0, 0.05) is 24.8 Å². The number of halogens is 3. The fourth-order valence-corrected chi connectivity index (χ4v) is 3.84. The molecule has 0 aliphatic carbocycles. The number of hydrogen-bond acceptors (Lipinski definition) is 2. The van der Waals surface area contributed by atoms with Gasteiger partial charge in [-0.3, -0.25) is 0 Å². The first-order valence-electron chi connectivity index (χ1n) is 9.85. The summed E-state index contributed by atoms with van der Waals surface area (Å²) in [6.45, 7) is 8.32. The molecule has 2 atom stereocenters. The van der Waals surface area contributed by atoms with Crippen molar-refractivity contribution >= 4 is 5.69 Å². The molecule has 2 unspecified atom stereocenters. The Hall–Kier alpha value is -1.23. The smallest absolute Gasteiger partial charge is 0.371 e. The number of benzene rings is 1. The van der Waals surface area contributed by atoms with Crippen LogP contribution in [0, 0.1) is 11.8 Å². The topological polar surface area (TPSA) is 15.3 Å². The third-order valence-electron chi connectivity index (χ3n) is 5.39. The van der Waals surface area contributed by atoms with Crippen LogP contribution in [0.4, 0.5) is 18.9 Å². The zero-order chi connectivity index (χ0) is 19.3. The van der Waals surface area contributed by atoms with Gasteiger partial charge in [0.2, 0.25) is 0 Å². The fourth-order valence-electron chi connectivity index (χ4n) is 3.84. The normalized spacial score (nSPS) is 20.8. The molecule has 1 saturated heterocycles. The van der Waals surface area contributed by atoms with Crippen LogP contribution in [-0.4, -0.2) is 20.1 Å². The van der Waals surface area contributed by atoms with Crippen molar-refractivity contribution in [1.82, 2.24) is 5.32 Å². The largest absolute Gasteiger partial charge is 0.416 e. The van der Waals surface area contributed by atoms with Crippen LogP contribution in [0.3, 0.4) is 0 Å². The standard InChI is InChI=1S/C21H33F3N2/c1-15(2)13-19(25-4)18-14-17(21(22,23)24)8-9-20(18)26-11-6-5-7-16(3)10-12-26/h8-9,14-16,19,25H,5-7,10-13H2,1-4H3. The highest BCUT2D eigenvalue weighted by atomic mass is 19.4. The number of alkyl halides is 3. The molecule has 0 aromatic heterocycles. The van der Waals surface area contributed by atoms with E-state index in [0.29, 0.717) is 11.8 Å². The summed E-state index contributed by atoms with van der Waals surface area (Å²) >= 11 is 0. The Labute approximate surface area is 156 Å². The van der Waals surface area contributed by atoms with Gasteiger partial charge in [-0.15, -0.1) is 0 Å². The van der Waals surface area contributed by atoms with Crippen molar-refractivity contribution in [2.45, 2.75) is 65.1 Å². The molecule has 1 fully saturated rings. The van der Waals surface area contributed by atoms with E-state index in [9.17, 15) is 13.2 Å². The highest BCUT2D eigenvalue weighted by molar-refractivity contribution is 5.57. The van der Waals surface area contributed by atoms with Gasteiger partial charge in [-0.1, -0.05) is 33.6 Å². The maximum absolute atomic E-state index is 13.3. The first kappa shape index (κ1) is 21.1. The molecule has 2 nitrogen and oxygen atoms in total. The second-order valence-corrected chi connectivity index (χ2v) is 8.12. The van der Waals surface area contributed by atoms with Gasteiger partial charge in [-0.2, -0.15) is 13.2 Å². The second kappa shape index (κ2) is 9.12. The van der Waals surface area contributed by atoms with Crippen molar-refractivity contribution in [3.05, 3.63) is 29.3 Å². The van der Waals surface area contributed by atoms with Crippen molar-refractivity contribution < 1.29 is 13.2 Å². The third kappa shape index (κ3) is 5.63. The molecule has 1 aromatic carbocycles. The number of nitrogens with one attached hydrogen (secondary N) is 1. The predicted octanol–water partition coefficient (Wildman–Crippen LogP) is 6.03. The number of nitrogens with zero attached hydrogens (tertiary/aromatic N) is 1. The van der Waals surface area contributed by atoms with E-state index < -0.39 is 11.7 Å². The molecular formula is C21H33F3N2. The lowest BCUT2D eigenvalue weighted by atomic mass is 9.92. The predicted molar refractivity (Wildman–Crippen MR) is 103 cm³/mol. The average molecular weight is 371 g/mol. The molecule has 1 N–H and O–H groups in total. The van der Waals surface area contributed by atoms with Crippen LogP contribution in [0.15, 0.2) is 18.2 Å². The van der Waals surface area contributed by atoms with Gasteiger partial charge in [0.25, 0.3) is 0 Å². The Kier molecular flexibility index (Phi) is 7.39. The maximum Gasteiger partial charge on any atom is 0.416 e. The summed E-state index contributed by atoms with van der Waals surface area (Å²) in [5.74, 6) is 1.08. The van der Waals surface area contributed by atoms with E-state index in [1.54, 1.807) is 6.07 Å². The molecule has 1 heterocycles. The van der Waals surface area contributed by atoms with Crippen molar-refractivity contribution in [1.29, 1.82) is 0 Å². The zero-order valence-electron chi connectivity index (χ0n) is 16.5. The van der Waals surface area contributed by atoms with Crippen LogP contribution in [-0.2, 0) is 6.18 Å². The van der Waals surface area contributed by atoms with E-state index in [1.165, 1.54) is 25.0 Å². The Bertz CT molecular complexity index is 569. The Balaban J connectivity index is 2.42. The van der Waals surface area contributed by atoms with Gasteiger partial charge in [-0.05, 0) is 61.9 Å². The summed E-state index contributed by atoms with van der Waals surface area (Å²) in [5.41, 5.74) is 1.19. The molecule has 0 radical (unpaired) electrons. The van der Waals surface area contributed by atoms with Crippen molar-refractivity contribution in [2.75, 3.05) is 25.0 Å². The Morgan fingerprint density at radius 3 is 2.50 bits per heavy atom. The van der Waals surface area contributed by atoms with Gasteiger partial charge in [0.1, 0.15) is 0 Å². The monoisotopic (exact) mass is 370 g/mol. The second-order valence-electron chi connectivity index (χ2n) is 8.12. The van der Waals surface area contributed by atoms with Gasteiger partial charge in [-0.25, -0.2) is 0 Å². The van der Waals surface area contributed by atoms with Crippen molar-refractivity contribution in [3.8, 4) is 0 Å². The third-order valence-corrected chi connectivity index (χ3v) is 5.39. The summed E-state index contributed by atoms with van der Waals surface area (Å²) < 4.78 is 39.9. The van der Waals surface area contributed by atoms with E-state index in [-0.39, 0.29) is 6.04 Å². The molecule has 1 aliphatic heterocycles. The Morgan fingerprint density at radius 1 is 1.15 bits per heavy atom. The molecule has 0 amide bonds. The zero-order valence-corrected chi connectivity index (χ0v) is 16.5. The number of hydrogen-bond donors (Lipinski definition) is 1. The van der Waals surface area contributed by atoms with Crippen molar-refractivity contribution in [2.24, 2.45) is 11.8 Å². The number of rotatable bonds is 5. The van der Waals surface area contributed by atoms with Crippen LogP contribution < -0.4 is 10.2 Å². The van der Waals surface area contributed by atoms with Crippen LogP contribution in [0.1, 0.15) is 70.0 Å². The molecule has 1 aliphatic rings. The van der Waals surface area contributed by atoms with Gasteiger partial charge in [0.05, 0.1) is 5.56 Å². The summed E-state index contributed by atoms with van der Waals surface area (Å²) in [4.78, 5) is 2.30. The van der Waals surface area contributed by atoms with Crippen LogP contribution >= 0.6 is 0 Å². The Morgan fingerprint density at radius 2 is 1.88 bits per heavy atom. The van der Waals surface area contributed by atoms with E-state index in [0.717, 1.165) is 43.6 Å². The minimum atomic E-state index is -4.31. The molecule has 0 bridgehead atoms. The van der Waals surface area contributed by atoms with Crippen LogP contribution in [0.5, 0.6) is 0 Å². The molecule has 148 valence electrons. The van der Waals surface area contributed by atoms with Gasteiger partial charge in [0.15, 0.2) is 0 Å². The quantitative estimate of drug-likeness (QED) is 0.681. The van der Waals surface area contributed by atoms with Crippen molar-refractivity contribution in [3.63, 3.8) is 0 Å². The SMILES string of the molecule is CNC(CC(C)C)c1cc(C(F)(F)F)ccc1N1CCCCC(C)CC1. The molecular weight excluding hydrogens is 337 g/mol. The first-order valence-corrected chi connectivity index (χ1v) is 9.85. The van der Waals surface area contributed by atoms with E-state index in [1.807, 2.05) is 7.05 Å². The van der Waals surface area contributed by atoms with Crippen LogP contribution in [0.25, 0.3) is 0 Å². The fraction of sp³-hybridized carbons (Fsp3) is 0.714. The highest BCUT2D eigenvalue weighted by Gasteiger charge is 2.32. The molecule has 2 rings (SSSR count). The summed E-state index contributed by atoms with van der Waals surface area (Å²) in [5, 5.41) is 3.25. The molecule has 1 aromatic rings. The lowest BCUT2D eigenvalue weighted by molar-refractivity contribution is -0.137. The molecule has 5 heteroatoms. The lowest BCUT2D eigenvalue weighted by Gasteiger charge is -2.33. The molecule has 0 spiro atoms. The first-order chi connectivity index (χ1) is 12.2. The lowest BCUT2D eigenvalue weighted by Crippen LogP contribution is -2.31. The average Bonchev–Trinajstić information content (AvgIpc) is 2.55. The highest BCUT2D eigenvalue weighted by Crippen LogP contribution is 2.37. The minimum absolute atomic E-state index is 0.0739. The van der Waals surface area contributed by atoms with Crippen LogP contribution in [0.2, 0.25) is 0 Å². The van der Waals surface area contributed by atoms with E-state index >= 15 is 0 Å². The maximum atomic E-state index is 13.3. The van der Waals surface area contributed by atoms with Gasteiger partial charge >= 0.3 is 6.18 Å². The molecule has 0 saturated carbocycles. The summed E-state index contributed by atoms with van der Waals surface area (Å²) in [6.07, 6.45) is 1.13. The van der Waals surface area contributed by atoms with Gasteiger partial charge < -0.3 is 10.2 Å². The van der Waals surface area contributed by atoms with E-state index in [4.69, 9.17) is 0 Å².